The molecule has 1 saturated heterocycles. The fourth-order valence-corrected chi connectivity index (χ4v) is 2.30. The molecule has 5 nitrogen and oxygen atoms in total. The maximum Gasteiger partial charge on any atom is 0.323 e. The van der Waals surface area contributed by atoms with E-state index in [4.69, 9.17) is 4.74 Å². The summed E-state index contributed by atoms with van der Waals surface area (Å²) in [7, 11) is 1.79. The molecular weight excluding hydrogens is 220 g/mol. The van der Waals surface area contributed by atoms with Crippen molar-refractivity contribution in [3.63, 3.8) is 0 Å². The van der Waals surface area contributed by atoms with Gasteiger partial charge in [-0.3, -0.25) is 14.5 Å². The third-order valence-electron chi connectivity index (χ3n) is 3.36. The molecule has 1 aliphatic heterocycles. The van der Waals surface area contributed by atoms with E-state index in [0.717, 1.165) is 0 Å². The quantitative estimate of drug-likeness (QED) is 0.676. The smallest absolute Gasteiger partial charge is 0.323 e. The van der Waals surface area contributed by atoms with Crippen molar-refractivity contribution in [1.29, 1.82) is 0 Å². The second kappa shape index (κ2) is 5.04. The molecule has 5 heteroatoms. The van der Waals surface area contributed by atoms with Gasteiger partial charge in [-0.25, -0.2) is 0 Å². The maximum absolute atomic E-state index is 12.1. The van der Waals surface area contributed by atoms with Crippen LogP contribution in [0.4, 0.5) is 0 Å². The van der Waals surface area contributed by atoms with Crippen molar-refractivity contribution in [1.82, 2.24) is 9.80 Å². The molecule has 0 N–H and O–H groups in total. The SMILES string of the molecule is CCOC(=O)C(C)N1CCN(C)C(=O)C1(C)C. The van der Waals surface area contributed by atoms with Gasteiger partial charge in [-0.15, -0.1) is 0 Å². The van der Waals surface area contributed by atoms with Gasteiger partial charge in [0.2, 0.25) is 5.91 Å². The van der Waals surface area contributed by atoms with Crippen molar-refractivity contribution in [3.8, 4) is 0 Å². The van der Waals surface area contributed by atoms with E-state index >= 15 is 0 Å². The average Bonchev–Trinajstić information content (AvgIpc) is 2.26. The summed E-state index contributed by atoms with van der Waals surface area (Å²) >= 11 is 0. The van der Waals surface area contributed by atoms with Crippen LogP contribution in [0, 0.1) is 0 Å². The number of hydrogen-bond acceptors (Lipinski definition) is 4. The number of carbonyl (C=O) groups excluding carboxylic acids is 2. The van der Waals surface area contributed by atoms with Crippen LogP contribution in [0.3, 0.4) is 0 Å². The molecule has 1 unspecified atom stereocenters. The minimum atomic E-state index is -0.654. The van der Waals surface area contributed by atoms with Crippen LogP contribution in [0.1, 0.15) is 27.7 Å². The lowest BCUT2D eigenvalue weighted by Crippen LogP contribution is -2.65. The molecule has 1 fully saturated rings. The lowest BCUT2D eigenvalue weighted by atomic mass is 9.95. The van der Waals surface area contributed by atoms with E-state index in [1.807, 2.05) is 18.7 Å². The van der Waals surface area contributed by atoms with E-state index in [-0.39, 0.29) is 17.9 Å². The predicted molar refractivity (Wildman–Crippen MR) is 64.5 cm³/mol. The van der Waals surface area contributed by atoms with Gasteiger partial charge in [-0.1, -0.05) is 0 Å². The number of esters is 1. The first kappa shape index (κ1) is 14.0. The van der Waals surface area contributed by atoms with Crippen molar-refractivity contribution in [2.24, 2.45) is 0 Å². The lowest BCUT2D eigenvalue weighted by Gasteiger charge is -2.46. The Hall–Kier alpha value is -1.10. The average molecular weight is 242 g/mol. The summed E-state index contributed by atoms with van der Waals surface area (Å²) in [5, 5.41) is 0. The van der Waals surface area contributed by atoms with Crippen LogP contribution >= 0.6 is 0 Å². The molecule has 1 aliphatic rings. The van der Waals surface area contributed by atoms with Crippen molar-refractivity contribution >= 4 is 11.9 Å². The molecule has 98 valence electrons. The zero-order chi connectivity index (χ0) is 13.2. The Kier molecular flexibility index (Phi) is 4.14. The van der Waals surface area contributed by atoms with Gasteiger partial charge in [-0.2, -0.15) is 0 Å². The summed E-state index contributed by atoms with van der Waals surface area (Å²) in [4.78, 5) is 27.4. The van der Waals surface area contributed by atoms with E-state index in [2.05, 4.69) is 0 Å². The summed E-state index contributed by atoms with van der Waals surface area (Å²) in [5.74, 6) is -0.224. The standard InChI is InChI=1S/C12H22N2O3/c1-6-17-10(15)9(2)14-8-7-13(5)11(16)12(14,3)4/h9H,6-8H2,1-5H3. The third kappa shape index (κ3) is 2.60. The third-order valence-corrected chi connectivity index (χ3v) is 3.36. The summed E-state index contributed by atoms with van der Waals surface area (Å²) in [6.45, 7) is 8.97. The van der Waals surface area contributed by atoms with Crippen LogP contribution in [0.15, 0.2) is 0 Å². The highest BCUT2D eigenvalue weighted by atomic mass is 16.5. The van der Waals surface area contributed by atoms with E-state index < -0.39 is 5.54 Å². The van der Waals surface area contributed by atoms with Crippen LogP contribution in [0.2, 0.25) is 0 Å². The van der Waals surface area contributed by atoms with Gasteiger partial charge in [0.05, 0.1) is 12.1 Å². The lowest BCUT2D eigenvalue weighted by molar-refractivity contribution is -0.160. The summed E-state index contributed by atoms with van der Waals surface area (Å²) < 4.78 is 5.01. The number of carbonyl (C=O) groups is 2. The van der Waals surface area contributed by atoms with Crippen molar-refractivity contribution in [2.45, 2.75) is 39.3 Å². The highest BCUT2D eigenvalue weighted by molar-refractivity contribution is 5.87. The molecule has 0 aliphatic carbocycles. The largest absolute Gasteiger partial charge is 0.465 e. The van der Waals surface area contributed by atoms with Crippen LogP contribution in [-0.4, -0.2) is 60.0 Å². The first-order chi connectivity index (χ1) is 7.82. The zero-order valence-electron chi connectivity index (χ0n) is 11.3. The Morgan fingerprint density at radius 3 is 2.59 bits per heavy atom. The normalized spacial score (nSPS) is 22.4. The summed E-state index contributed by atoms with van der Waals surface area (Å²) in [6.07, 6.45) is 0. The molecule has 0 bridgehead atoms. The monoisotopic (exact) mass is 242 g/mol. The summed E-state index contributed by atoms with van der Waals surface area (Å²) in [5.41, 5.74) is -0.654. The van der Waals surface area contributed by atoms with E-state index in [1.165, 1.54) is 0 Å². The maximum atomic E-state index is 12.1. The molecule has 1 heterocycles. The topological polar surface area (TPSA) is 49.9 Å². The van der Waals surface area contributed by atoms with Gasteiger partial charge >= 0.3 is 5.97 Å². The Morgan fingerprint density at radius 2 is 2.06 bits per heavy atom. The van der Waals surface area contributed by atoms with Crippen molar-refractivity contribution < 1.29 is 14.3 Å². The molecule has 0 radical (unpaired) electrons. The van der Waals surface area contributed by atoms with Gasteiger partial charge < -0.3 is 9.64 Å². The van der Waals surface area contributed by atoms with Crippen LogP contribution in [0.25, 0.3) is 0 Å². The molecular formula is C12H22N2O3. The van der Waals surface area contributed by atoms with E-state index in [1.54, 1.807) is 25.8 Å². The van der Waals surface area contributed by atoms with Crippen LogP contribution in [-0.2, 0) is 14.3 Å². The van der Waals surface area contributed by atoms with Gasteiger partial charge in [-0.05, 0) is 27.7 Å². The minimum Gasteiger partial charge on any atom is -0.465 e. The first-order valence-electron chi connectivity index (χ1n) is 6.01. The minimum absolute atomic E-state index is 0.0416. The Balaban J connectivity index is 2.83. The number of piperazine rings is 1. The highest BCUT2D eigenvalue weighted by Crippen LogP contribution is 2.24. The highest BCUT2D eigenvalue weighted by Gasteiger charge is 2.44. The van der Waals surface area contributed by atoms with Gasteiger partial charge in [0.1, 0.15) is 6.04 Å². The Bertz CT molecular complexity index is 315. The molecule has 0 aromatic heterocycles. The fourth-order valence-electron chi connectivity index (χ4n) is 2.30. The van der Waals surface area contributed by atoms with E-state index in [9.17, 15) is 9.59 Å². The number of ether oxygens (including phenoxy) is 1. The molecule has 1 rings (SSSR count). The van der Waals surface area contributed by atoms with E-state index in [0.29, 0.717) is 19.7 Å². The first-order valence-corrected chi connectivity index (χ1v) is 6.01. The van der Waals surface area contributed by atoms with Gasteiger partial charge in [0.15, 0.2) is 0 Å². The van der Waals surface area contributed by atoms with Gasteiger partial charge in [0, 0.05) is 20.1 Å². The van der Waals surface area contributed by atoms with Crippen LogP contribution < -0.4 is 0 Å². The molecule has 0 spiro atoms. The Labute approximate surface area is 103 Å². The second-order valence-corrected chi connectivity index (χ2v) is 4.91. The van der Waals surface area contributed by atoms with Crippen molar-refractivity contribution in [2.75, 3.05) is 26.7 Å². The fraction of sp³-hybridized carbons (Fsp3) is 0.833. The van der Waals surface area contributed by atoms with Crippen molar-refractivity contribution in [3.05, 3.63) is 0 Å². The number of amides is 1. The Morgan fingerprint density at radius 1 is 1.47 bits per heavy atom. The number of likely N-dealkylation sites (N-methyl/N-ethyl adjacent to an activating group) is 1. The number of rotatable bonds is 3. The second-order valence-electron chi connectivity index (χ2n) is 4.91. The zero-order valence-corrected chi connectivity index (χ0v) is 11.3. The van der Waals surface area contributed by atoms with Crippen LogP contribution in [0.5, 0.6) is 0 Å². The summed E-state index contributed by atoms with van der Waals surface area (Å²) in [6, 6.07) is -0.386. The predicted octanol–water partition coefficient (Wildman–Crippen LogP) is 0.491. The molecule has 1 atom stereocenters. The molecule has 0 aromatic rings. The molecule has 0 aromatic carbocycles. The number of nitrogens with zero attached hydrogens (tertiary/aromatic N) is 2. The number of hydrogen-bond donors (Lipinski definition) is 0. The molecule has 1 amide bonds. The molecule has 17 heavy (non-hydrogen) atoms. The molecule has 0 saturated carbocycles. The van der Waals surface area contributed by atoms with Gasteiger partial charge in [0.25, 0.3) is 0 Å².